The normalized spacial score (nSPS) is 21.6. The van der Waals surface area contributed by atoms with Crippen molar-refractivity contribution in [3.05, 3.63) is 25.7 Å². The summed E-state index contributed by atoms with van der Waals surface area (Å²) in [5, 5.41) is 0. The molecular weight excluding hydrogens is 416 g/mol. The molecule has 2 aliphatic heterocycles. The standard InChI is InChI=1S/C15H17BrN2O2S3/c16-13-3-2-11(22-13)10-12-14(19)18(15(21)23-12)5-1-4-17-6-8-20-9-7-17/h2-3,10H,1,4-9H2/b12-10-. The minimum absolute atomic E-state index is 0.0338. The zero-order valence-corrected chi connectivity index (χ0v) is 16.5. The molecule has 0 spiro atoms. The number of hydrogen-bond donors (Lipinski definition) is 0. The molecule has 1 aromatic heterocycles. The average molecular weight is 433 g/mol. The van der Waals surface area contributed by atoms with Crippen LogP contribution >= 0.6 is 51.2 Å². The molecule has 124 valence electrons. The molecule has 2 saturated heterocycles. The van der Waals surface area contributed by atoms with E-state index in [0.29, 0.717) is 10.9 Å². The summed E-state index contributed by atoms with van der Waals surface area (Å²) < 4.78 is 7.07. The molecule has 4 nitrogen and oxygen atoms in total. The molecule has 3 heterocycles. The summed E-state index contributed by atoms with van der Waals surface area (Å²) in [6, 6.07) is 3.99. The molecular formula is C15H17BrN2O2S3. The Hall–Kier alpha value is -0.250. The highest BCUT2D eigenvalue weighted by atomic mass is 79.9. The molecule has 0 atom stereocenters. The number of thiocarbonyl (C=S) groups is 1. The summed E-state index contributed by atoms with van der Waals surface area (Å²) in [6.45, 7) is 5.24. The largest absolute Gasteiger partial charge is 0.379 e. The third-order valence-electron chi connectivity index (χ3n) is 3.70. The third-order valence-corrected chi connectivity index (χ3v) is 6.65. The zero-order valence-electron chi connectivity index (χ0n) is 12.5. The zero-order chi connectivity index (χ0) is 16.2. The lowest BCUT2D eigenvalue weighted by atomic mass is 10.3. The number of halogens is 1. The molecule has 0 radical (unpaired) electrons. The number of rotatable bonds is 5. The van der Waals surface area contributed by atoms with E-state index in [9.17, 15) is 4.79 Å². The topological polar surface area (TPSA) is 32.8 Å². The highest BCUT2D eigenvalue weighted by Crippen LogP contribution is 2.34. The molecule has 0 unspecified atom stereocenters. The van der Waals surface area contributed by atoms with Gasteiger partial charge in [-0.1, -0.05) is 24.0 Å². The van der Waals surface area contributed by atoms with Crippen LogP contribution in [0.4, 0.5) is 0 Å². The highest BCUT2D eigenvalue weighted by Gasteiger charge is 2.31. The summed E-state index contributed by atoms with van der Waals surface area (Å²) in [7, 11) is 0. The molecule has 23 heavy (non-hydrogen) atoms. The van der Waals surface area contributed by atoms with Crippen LogP contribution in [-0.4, -0.2) is 59.4 Å². The van der Waals surface area contributed by atoms with Gasteiger partial charge in [0.1, 0.15) is 4.32 Å². The Morgan fingerprint density at radius 2 is 2.09 bits per heavy atom. The molecule has 0 saturated carbocycles. The summed E-state index contributed by atoms with van der Waals surface area (Å²) in [6.07, 6.45) is 2.86. The Morgan fingerprint density at radius 3 is 2.78 bits per heavy atom. The Kier molecular flexibility index (Phi) is 6.28. The van der Waals surface area contributed by atoms with E-state index in [2.05, 4.69) is 20.8 Å². The number of thiophene rings is 1. The lowest BCUT2D eigenvalue weighted by molar-refractivity contribution is -0.122. The second-order valence-electron chi connectivity index (χ2n) is 5.28. The molecule has 2 fully saturated rings. The first-order valence-corrected chi connectivity index (χ1v) is 10.3. The van der Waals surface area contributed by atoms with Crippen LogP contribution in [0.3, 0.4) is 0 Å². The van der Waals surface area contributed by atoms with Gasteiger partial charge in [0.25, 0.3) is 5.91 Å². The Morgan fingerprint density at radius 1 is 1.30 bits per heavy atom. The quantitative estimate of drug-likeness (QED) is 0.525. The van der Waals surface area contributed by atoms with Gasteiger partial charge in [0.2, 0.25) is 0 Å². The van der Waals surface area contributed by atoms with Crippen LogP contribution < -0.4 is 0 Å². The fourth-order valence-electron chi connectivity index (χ4n) is 2.51. The maximum atomic E-state index is 12.5. The highest BCUT2D eigenvalue weighted by molar-refractivity contribution is 9.11. The number of carbonyl (C=O) groups excluding carboxylic acids is 1. The van der Waals surface area contributed by atoms with E-state index in [1.807, 2.05) is 18.2 Å². The molecule has 8 heteroatoms. The fraction of sp³-hybridized carbons (Fsp3) is 0.467. The second-order valence-corrected chi connectivity index (χ2v) is 9.45. The van der Waals surface area contributed by atoms with Crippen LogP contribution in [0, 0.1) is 0 Å². The Balaban J connectivity index is 1.55. The monoisotopic (exact) mass is 432 g/mol. The van der Waals surface area contributed by atoms with Gasteiger partial charge in [-0.2, -0.15) is 0 Å². The molecule has 1 amide bonds. The summed E-state index contributed by atoms with van der Waals surface area (Å²) in [4.78, 5) is 18.4. The maximum Gasteiger partial charge on any atom is 0.266 e. The Labute approximate surface area is 158 Å². The third kappa shape index (κ3) is 4.64. The molecule has 1 aromatic rings. The van der Waals surface area contributed by atoms with E-state index in [1.54, 1.807) is 16.2 Å². The van der Waals surface area contributed by atoms with Gasteiger partial charge >= 0.3 is 0 Å². The fourth-order valence-corrected chi connectivity index (χ4v) is 5.25. The summed E-state index contributed by atoms with van der Waals surface area (Å²) in [5.41, 5.74) is 0. The van der Waals surface area contributed by atoms with Crippen LogP contribution in [0.2, 0.25) is 0 Å². The van der Waals surface area contributed by atoms with Gasteiger partial charge in [-0.15, -0.1) is 11.3 Å². The van der Waals surface area contributed by atoms with Crippen molar-refractivity contribution in [2.45, 2.75) is 6.42 Å². The van der Waals surface area contributed by atoms with Gasteiger partial charge in [0.15, 0.2) is 0 Å². The van der Waals surface area contributed by atoms with E-state index in [0.717, 1.165) is 52.8 Å². The first-order chi connectivity index (χ1) is 11.1. The van der Waals surface area contributed by atoms with E-state index in [4.69, 9.17) is 17.0 Å². The van der Waals surface area contributed by atoms with Crippen molar-refractivity contribution in [1.82, 2.24) is 9.80 Å². The van der Waals surface area contributed by atoms with Gasteiger partial charge in [0, 0.05) is 31.1 Å². The van der Waals surface area contributed by atoms with Crippen molar-refractivity contribution in [3.63, 3.8) is 0 Å². The maximum absolute atomic E-state index is 12.5. The smallest absolute Gasteiger partial charge is 0.266 e. The molecule has 0 bridgehead atoms. The van der Waals surface area contributed by atoms with Gasteiger partial charge in [-0.25, -0.2) is 0 Å². The van der Waals surface area contributed by atoms with Crippen LogP contribution in [0.15, 0.2) is 20.8 Å². The number of carbonyl (C=O) groups is 1. The molecule has 2 aliphatic rings. The SMILES string of the molecule is O=C1/C(=C/c2ccc(Br)s2)SC(=S)N1CCCN1CCOCC1. The minimum Gasteiger partial charge on any atom is -0.379 e. The van der Waals surface area contributed by atoms with Crippen LogP contribution in [-0.2, 0) is 9.53 Å². The van der Waals surface area contributed by atoms with Gasteiger partial charge in [-0.3, -0.25) is 14.6 Å². The van der Waals surface area contributed by atoms with Crippen LogP contribution in [0.5, 0.6) is 0 Å². The Bertz CT molecular complexity index is 626. The molecule has 0 aromatic carbocycles. The predicted molar refractivity (Wildman–Crippen MR) is 104 cm³/mol. The minimum atomic E-state index is 0.0338. The number of morpholine rings is 1. The van der Waals surface area contributed by atoms with E-state index in [1.165, 1.54) is 11.8 Å². The van der Waals surface area contributed by atoms with Crippen LogP contribution in [0.25, 0.3) is 6.08 Å². The molecule has 3 rings (SSSR count). The van der Waals surface area contributed by atoms with Gasteiger partial charge < -0.3 is 4.74 Å². The molecule has 0 N–H and O–H groups in total. The summed E-state index contributed by atoms with van der Waals surface area (Å²) >= 11 is 11.8. The van der Waals surface area contributed by atoms with Gasteiger partial charge in [-0.05, 0) is 40.6 Å². The van der Waals surface area contributed by atoms with Crippen molar-refractivity contribution in [2.24, 2.45) is 0 Å². The average Bonchev–Trinajstić information content (AvgIpc) is 3.06. The van der Waals surface area contributed by atoms with E-state index >= 15 is 0 Å². The van der Waals surface area contributed by atoms with E-state index in [-0.39, 0.29) is 5.91 Å². The van der Waals surface area contributed by atoms with Crippen molar-refractivity contribution in [1.29, 1.82) is 0 Å². The number of amides is 1. The number of ether oxygens (including phenoxy) is 1. The predicted octanol–water partition coefficient (Wildman–Crippen LogP) is 3.43. The lowest BCUT2D eigenvalue weighted by Gasteiger charge is -2.27. The molecule has 0 aliphatic carbocycles. The lowest BCUT2D eigenvalue weighted by Crippen LogP contribution is -2.38. The first kappa shape index (κ1) is 17.6. The van der Waals surface area contributed by atoms with Gasteiger partial charge in [0.05, 0.1) is 21.9 Å². The van der Waals surface area contributed by atoms with Crippen molar-refractivity contribution < 1.29 is 9.53 Å². The first-order valence-electron chi connectivity index (χ1n) is 7.44. The van der Waals surface area contributed by atoms with Crippen molar-refractivity contribution in [3.8, 4) is 0 Å². The van der Waals surface area contributed by atoms with Crippen molar-refractivity contribution >= 4 is 67.6 Å². The van der Waals surface area contributed by atoms with Crippen LogP contribution in [0.1, 0.15) is 11.3 Å². The number of nitrogens with zero attached hydrogens (tertiary/aromatic N) is 2. The second kappa shape index (κ2) is 8.22. The number of thioether (sulfide) groups is 1. The van der Waals surface area contributed by atoms with Crippen molar-refractivity contribution in [2.75, 3.05) is 39.4 Å². The number of hydrogen-bond acceptors (Lipinski definition) is 6. The van der Waals surface area contributed by atoms with E-state index < -0.39 is 0 Å². The summed E-state index contributed by atoms with van der Waals surface area (Å²) in [5.74, 6) is 0.0338.